The number of aryl methyl sites for hydroxylation is 1. The second-order valence-corrected chi connectivity index (χ2v) is 11.7. The first-order chi connectivity index (χ1) is 18.2. The number of nitrogens with one attached hydrogen (secondary N) is 1. The average molecular weight is 541 g/mol. The summed E-state index contributed by atoms with van der Waals surface area (Å²) in [5, 5.41) is 12.0. The van der Waals surface area contributed by atoms with Crippen LogP contribution in [-0.2, 0) is 27.2 Å². The molecule has 2 aromatic carbocycles. The molecule has 1 unspecified atom stereocenters. The first-order valence-corrected chi connectivity index (χ1v) is 13.6. The van der Waals surface area contributed by atoms with Crippen LogP contribution in [-0.4, -0.2) is 52.0 Å². The van der Waals surface area contributed by atoms with Crippen molar-refractivity contribution in [2.75, 3.05) is 6.54 Å². The number of ether oxygens (including phenoxy) is 2. The van der Waals surface area contributed by atoms with Crippen molar-refractivity contribution in [2.45, 2.75) is 97.9 Å². The normalized spacial score (nSPS) is 12.4. The number of rotatable bonds is 11. The number of hydrogen-bond acceptors (Lipinski definition) is 5. The Labute approximate surface area is 232 Å². The van der Waals surface area contributed by atoms with Crippen molar-refractivity contribution in [3.8, 4) is 11.1 Å². The third-order valence-corrected chi connectivity index (χ3v) is 5.76. The molecule has 2 N–H and O–H groups in total. The summed E-state index contributed by atoms with van der Waals surface area (Å²) in [5.41, 5.74) is 2.89. The maximum Gasteiger partial charge on any atom is 0.410 e. The molecule has 0 radical (unpaired) electrons. The fourth-order valence-electron chi connectivity index (χ4n) is 3.82. The number of carboxylic acid groups (broad SMARTS) is 1. The molecule has 0 aliphatic rings. The van der Waals surface area contributed by atoms with Crippen LogP contribution in [0.15, 0.2) is 48.5 Å². The number of amides is 2. The van der Waals surface area contributed by atoms with Crippen LogP contribution in [0.25, 0.3) is 11.1 Å². The molecular weight excluding hydrogens is 496 g/mol. The molecule has 2 amide bonds. The SMILES string of the molecule is CCCCc1ccc(-c2ccc(CN(CCC(NC(=O)OC(C)(C)C)C(=O)O)C(=O)OC(C)(C)C)cc2)cc1. The van der Waals surface area contributed by atoms with Crippen LogP contribution in [0.3, 0.4) is 0 Å². The van der Waals surface area contributed by atoms with Crippen molar-refractivity contribution >= 4 is 18.2 Å². The van der Waals surface area contributed by atoms with E-state index < -0.39 is 35.4 Å². The van der Waals surface area contributed by atoms with Crippen molar-refractivity contribution in [3.63, 3.8) is 0 Å². The molecule has 0 aliphatic carbocycles. The molecule has 0 saturated heterocycles. The Hall–Kier alpha value is -3.55. The number of unbranched alkanes of at least 4 members (excludes halogenated alkanes) is 1. The van der Waals surface area contributed by atoms with Gasteiger partial charge in [-0.15, -0.1) is 0 Å². The summed E-state index contributed by atoms with van der Waals surface area (Å²) in [4.78, 5) is 38.4. The molecule has 0 aliphatic heterocycles. The summed E-state index contributed by atoms with van der Waals surface area (Å²) in [6, 6.07) is 15.2. The molecular formula is C31H44N2O6. The third kappa shape index (κ3) is 11.8. The summed E-state index contributed by atoms with van der Waals surface area (Å²) >= 11 is 0. The lowest BCUT2D eigenvalue weighted by molar-refractivity contribution is -0.139. The van der Waals surface area contributed by atoms with Crippen LogP contribution < -0.4 is 5.32 Å². The molecule has 2 rings (SSSR count). The molecule has 214 valence electrons. The number of alkyl carbamates (subject to hydrolysis) is 1. The van der Waals surface area contributed by atoms with Crippen LogP contribution in [0.2, 0.25) is 0 Å². The molecule has 8 heteroatoms. The minimum absolute atomic E-state index is 0.0176. The maximum absolute atomic E-state index is 13.0. The Morgan fingerprint density at radius 1 is 0.846 bits per heavy atom. The number of hydrogen-bond donors (Lipinski definition) is 2. The van der Waals surface area contributed by atoms with Gasteiger partial charge in [0.25, 0.3) is 0 Å². The zero-order valence-electron chi connectivity index (χ0n) is 24.4. The van der Waals surface area contributed by atoms with Gasteiger partial charge in [-0.1, -0.05) is 61.9 Å². The molecule has 0 bridgehead atoms. The van der Waals surface area contributed by atoms with Gasteiger partial charge in [-0.2, -0.15) is 0 Å². The summed E-state index contributed by atoms with van der Waals surface area (Å²) in [6.07, 6.45) is 2.01. The van der Waals surface area contributed by atoms with Gasteiger partial charge >= 0.3 is 18.2 Å². The van der Waals surface area contributed by atoms with E-state index in [4.69, 9.17) is 9.47 Å². The number of aliphatic carboxylic acids is 1. The van der Waals surface area contributed by atoms with E-state index in [2.05, 4.69) is 36.5 Å². The monoisotopic (exact) mass is 540 g/mol. The summed E-state index contributed by atoms with van der Waals surface area (Å²) < 4.78 is 10.8. The van der Waals surface area contributed by atoms with E-state index in [1.165, 1.54) is 23.3 Å². The van der Waals surface area contributed by atoms with E-state index in [9.17, 15) is 19.5 Å². The first kappa shape index (κ1) is 31.7. The molecule has 2 aromatic rings. The third-order valence-electron chi connectivity index (χ3n) is 5.76. The Morgan fingerprint density at radius 3 is 1.82 bits per heavy atom. The van der Waals surface area contributed by atoms with Crippen LogP contribution in [0.4, 0.5) is 9.59 Å². The molecule has 0 heterocycles. The van der Waals surface area contributed by atoms with E-state index >= 15 is 0 Å². The van der Waals surface area contributed by atoms with Crippen LogP contribution >= 0.6 is 0 Å². The Bertz CT molecular complexity index is 1080. The standard InChI is InChI=1S/C31H44N2O6/c1-8-9-10-22-11-15-24(16-12-22)25-17-13-23(14-18-25)21-33(29(37)39-31(5,6)7)20-19-26(27(34)35)32-28(36)38-30(2,3)4/h11-18,26H,8-10,19-21H2,1-7H3,(H,32,36)(H,34,35). The predicted octanol–water partition coefficient (Wildman–Crippen LogP) is 6.80. The van der Waals surface area contributed by atoms with Gasteiger partial charge in [-0.05, 0) is 83.1 Å². The highest BCUT2D eigenvalue weighted by Crippen LogP contribution is 2.22. The lowest BCUT2D eigenvalue weighted by atomic mass is 10.0. The first-order valence-electron chi connectivity index (χ1n) is 13.6. The number of carbonyl (C=O) groups excluding carboxylic acids is 2. The van der Waals surface area contributed by atoms with Gasteiger partial charge in [0.2, 0.25) is 0 Å². The second kappa shape index (κ2) is 14.0. The number of nitrogens with zero attached hydrogens (tertiary/aromatic N) is 1. The minimum atomic E-state index is -1.23. The highest BCUT2D eigenvalue weighted by molar-refractivity contribution is 5.80. The summed E-state index contributed by atoms with van der Waals surface area (Å²) in [6.45, 7) is 12.9. The van der Waals surface area contributed by atoms with E-state index in [0.717, 1.165) is 23.1 Å². The second-order valence-electron chi connectivity index (χ2n) is 11.7. The highest BCUT2D eigenvalue weighted by atomic mass is 16.6. The summed E-state index contributed by atoms with van der Waals surface area (Å²) in [5.74, 6) is -1.21. The number of carbonyl (C=O) groups is 3. The highest BCUT2D eigenvalue weighted by Gasteiger charge is 2.27. The molecule has 8 nitrogen and oxygen atoms in total. The van der Waals surface area contributed by atoms with Crippen molar-refractivity contribution in [2.24, 2.45) is 0 Å². The van der Waals surface area contributed by atoms with Crippen molar-refractivity contribution in [1.29, 1.82) is 0 Å². The summed E-state index contributed by atoms with van der Waals surface area (Å²) in [7, 11) is 0. The van der Waals surface area contributed by atoms with Crippen molar-refractivity contribution < 1.29 is 29.0 Å². The molecule has 1 atom stereocenters. The van der Waals surface area contributed by atoms with Crippen molar-refractivity contribution in [3.05, 3.63) is 59.7 Å². The van der Waals surface area contributed by atoms with E-state index in [1.54, 1.807) is 41.5 Å². The fraction of sp³-hybridized carbons (Fsp3) is 0.516. The van der Waals surface area contributed by atoms with Crippen molar-refractivity contribution in [1.82, 2.24) is 10.2 Å². The molecule has 0 fully saturated rings. The smallest absolute Gasteiger partial charge is 0.410 e. The fourth-order valence-corrected chi connectivity index (χ4v) is 3.82. The average Bonchev–Trinajstić information content (AvgIpc) is 2.82. The topological polar surface area (TPSA) is 105 Å². The predicted molar refractivity (Wildman–Crippen MR) is 153 cm³/mol. The zero-order chi connectivity index (χ0) is 29.2. The lowest BCUT2D eigenvalue weighted by Crippen LogP contribution is -2.46. The zero-order valence-corrected chi connectivity index (χ0v) is 24.4. The van der Waals surface area contributed by atoms with Gasteiger partial charge < -0.3 is 24.8 Å². The van der Waals surface area contributed by atoms with E-state index in [-0.39, 0.29) is 19.5 Å². The Kier molecular flexibility index (Phi) is 11.4. The largest absolute Gasteiger partial charge is 0.480 e. The quantitative estimate of drug-likeness (QED) is 0.325. The molecule has 0 spiro atoms. The maximum atomic E-state index is 13.0. The van der Waals surface area contributed by atoms with E-state index in [1.807, 2.05) is 24.3 Å². The lowest BCUT2D eigenvalue weighted by Gasteiger charge is -2.28. The van der Waals surface area contributed by atoms with E-state index in [0.29, 0.717) is 0 Å². The van der Waals surface area contributed by atoms with Crippen LogP contribution in [0.5, 0.6) is 0 Å². The van der Waals surface area contributed by atoms with Gasteiger partial charge in [-0.3, -0.25) is 0 Å². The van der Waals surface area contributed by atoms with Gasteiger partial charge in [0.1, 0.15) is 17.2 Å². The molecule has 0 saturated carbocycles. The number of benzene rings is 2. The molecule has 39 heavy (non-hydrogen) atoms. The van der Waals surface area contributed by atoms with Gasteiger partial charge in [-0.25, -0.2) is 14.4 Å². The Balaban J connectivity index is 2.13. The van der Waals surface area contributed by atoms with Crippen LogP contribution in [0, 0.1) is 0 Å². The van der Waals surface area contributed by atoms with Gasteiger partial charge in [0.15, 0.2) is 0 Å². The Morgan fingerprint density at radius 2 is 1.36 bits per heavy atom. The van der Waals surface area contributed by atoms with Crippen LogP contribution in [0.1, 0.15) is 78.9 Å². The minimum Gasteiger partial charge on any atom is -0.480 e. The molecule has 0 aromatic heterocycles. The van der Waals surface area contributed by atoms with Gasteiger partial charge in [0.05, 0.1) is 0 Å². The number of carboxylic acids is 1. The van der Waals surface area contributed by atoms with Gasteiger partial charge in [0, 0.05) is 13.1 Å².